The summed E-state index contributed by atoms with van der Waals surface area (Å²) >= 11 is 11.9. The van der Waals surface area contributed by atoms with Gasteiger partial charge in [0.1, 0.15) is 5.15 Å². The maximum atomic E-state index is 12.7. The van der Waals surface area contributed by atoms with Crippen molar-refractivity contribution in [3.63, 3.8) is 0 Å². The average Bonchev–Trinajstić information content (AvgIpc) is 2.85. The van der Waals surface area contributed by atoms with Gasteiger partial charge >= 0.3 is 0 Å². The lowest BCUT2D eigenvalue weighted by Gasteiger charge is -2.42. The van der Waals surface area contributed by atoms with E-state index < -0.39 is 0 Å². The number of rotatable bonds is 7. The van der Waals surface area contributed by atoms with Gasteiger partial charge in [0.25, 0.3) is 5.91 Å². The number of piperidine rings is 1. The van der Waals surface area contributed by atoms with E-state index in [9.17, 15) is 4.79 Å². The largest absolute Gasteiger partial charge is 0.351 e. The Hall–Kier alpha value is -2.66. The van der Waals surface area contributed by atoms with E-state index in [1.54, 1.807) is 18.3 Å². The lowest BCUT2D eigenvalue weighted by atomic mass is 9.72. The van der Waals surface area contributed by atoms with Crippen LogP contribution in [0.15, 0.2) is 79.0 Å². The minimum atomic E-state index is -0.122. The van der Waals surface area contributed by atoms with Gasteiger partial charge in [0.15, 0.2) is 0 Å². The van der Waals surface area contributed by atoms with Crippen LogP contribution in [0.25, 0.3) is 6.08 Å². The van der Waals surface area contributed by atoms with Crippen molar-refractivity contribution in [2.75, 3.05) is 26.2 Å². The van der Waals surface area contributed by atoms with Crippen molar-refractivity contribution in [1.82, 2.24) is 15.2 Å². The number of carbonyl (C=O) groups is 1. The van der Waals surface area contributed by atoms with E-state index >= 15 is 0 Å². The Morgan fingerprint density at radius 1 is 1.03 bits per heavy atom. The van der Waals surface area contributed by atoms with Crippen molar-refractivity contribution in [3.8, 4) is 0 Å². The van der Waals surface area contributed by atoms with Crippen LogP contribution in [-0.2, 0) is 5.41 Å². The fourth-order valence-electron chi connectivity index (χ4n) is 4.33. The summed E-state index contributed by atoms with van der Waals surface area (Å²) in [5.41, 5.74) is 2.86. The van der Waals surface area contributed by atoms with E-state index in [2.05, 4.69) is 51.6 Å². The highest BCUT2D eigenvalue weighted by molar-refractivity contribution is 6.30. The van der Waals surface area contributed by atoms with E-state index in [-0.39, 0.29) is 11.3 Å². The number of hydrogen-bond acceptors (Lipinski definition) is 3. The van der Waals surface area contributed by atoms with E-state index in [1.807, 2.05) is 30.3 Å². The van der Waals surface area contributed by atoms with E-state index in [1.165, 1.54) is 5.56 Å². The number of nitrogens with one attached hydrogen (secondary N) is 1. The highest BCUT2D eigenvalue weighted by Crippen LogP contribution is 2.35. The van der Waals surface area contributed by atoms with E-state index in [0.29, 0.717) is 17.3 Å². The third-order valence-electron chi connectivity index (χ3n) is 6.32. The van der Waals surface area contributed by atoms with Gasteiger partial charge in [-0.2, -0.15) is 0 Å². The highest BCUT2D eigenvalue weighted by atomic mass is 35.5. The van der Waals surface area contributed by atoms with Gasteiger partial charge in [0.2, 0.25) is 0 Å². The minimum absolute atomic E-state index is 0.0931. The Balaban J connectivity index is 1.40. The molecule has 1 N–H and O–H groups in total. The zero-order chi connectivity index (χ0) is 23.1. The fourth-order valence-corrected chi connectivity index (χ4v) is 4.63. The molecule has 0 atom stereocenters. The number of halogens is 2. The number of likely N-dealkylation sites (tertiary alicyclic amines) is 1. The number of benzene rings is 2. The maximum absolute atomic E-state index is 12.7. The van der Waals surface area contributed by atoms with Crippen LogP contribution < -0.4 is 5.32 Å². The van der Waals surface area contributed by atoms with Gasteiger partial charge in [0, 0.05) is 35.3 Å². The molecule has 1 aliphatic heterocycles. The monoisotopic (exact) mass is 479 g/mol. The molecule has 4 rings (SSSR count). The highest BCUT2D eigenvalue weighted by Gasteiger charge is 2.36. The summed E-state index contributed by atoms with van der Waals surface area (Å²) < 4.78 is 0. The predicted octanol–water partition coefficient (Wildman–Crippen LogP) is 5.87. The lowest BCUT2D eigenvalue weighted by Crippen LogP contribution is -2.49. The molecule has 2 heterocycles. The summed E-state index contributed by atoms with van der Waals surface area (Å²) in [4.78, 5) is 19.2. The van der Waals surface area contributed by atoms with Crippen LogP contribution in [0.2, 0.25) is 10.2 Å². The molecule has 1 saturated heterocycles. The van der Waals surface area contributed by atoms with Gasteiger partial charge in [0.05, 0.1) is 0 Å². The maximum Gasteiger partial charge on any atom is 0.251 e. The van der Waals surface area contributed by atoms with Gasteiger partial charge < -0.3 is 5.32 Å². The predicted molar refractivity (Wildman–Crippen MR) is 136 cm³/mol. The zero-order valence-corrected chi connectivity index (χ0v) is 19.9. The van der Waals surface area contributed by atoms with Crippen LogP contribution in [0.1, 0.15) is 34.3 Å². The summed E-state index contributed by atoms with van der Waals surface area (Å²) in [5.74, 6) is -0.122. The summed E-state index contributed by atoms with van der Waals surface area (Å²) in [5, 5.41) is 4.22. The normalized spacial score (nSPS) is 16.1. The number of amides is 1. The van der Waals surface area contributed by atoms with Crippen molar-refractivity contribution in [3.05, 3.63) is 106 Å². The minimum Gasteiger partial charge on any atom is -0.351 e. The molecule has 1 aliphatic rings. The van der Waals surface area contributed by atoms with Gasteiger partial charge in [-0.25, -0.2) is 4.98 Å². The second-order valence-corrected chi connectivity index (χ2v) is 9.27. The third kappa shape index (κ3) is 6.23. The topological polar surface area (TPSA) is 45.2 Å². The smallest absolute Gasteiger partial charge is 0.251 e. The number of carbonyl (C=O) groups excluding carboxylic acids is 1. The average molecular weight is 480 g/mol. The molecule has 2 aromatic carbocycles. The Bertz CT molecular complexity index is 1090. The van der Waals surface area contributed by atoms with Crippen molar-refractivity contribution in [2.45, 2.75) is 18.3 Å². The van der Waals surface area contributed by atoms with Crippen molar-refractivity contribution < 1.29 is 4.79 Å². The summed E-state index contributed by atoms with van der Waals surface area (Å²) in [6.45, 7) is 3.42. The summed E-state index contributed by atoms with van der Waals surface area (Å²) in [6.07, 6.45) is 7.84. The molecule has 0 bridgehead atoms. The molecule has 0 unspecified atom stereocenters. The number of hydrogen-bond donors (Lipinski definition) is 1. The molecule has 33 heavy (non-hydrogen) atoms. The first-order valence-electron chi connectivity index (χ1n) is 11.1. The van der Waals surface area contributed by atoms with Crippen LogP contribution >= 0.6 is 23.2 Å². The van der Waals surface area contributed by atoms with Crippen molar-refractivity contribution >= 4 is 35.2 Å². The third-order valence-corrected chi connectivity index (χ3v) is 6.78. The molecule has 4 nitrogen and oxygen atoms in total. The number of pyridine rings is 1. The fraction of sp³-hybridized carbons (Fsp3) is 0.259. The van der Waals surface area contributed by atoms with E-state index in [4.69, 9.17) is 23.2 Å². The van der Waals surface area contributed by atoms with Crippen molar-refractivity contribution in [1.29, 1.82) is 0 Å². The van der Waals surface area contributed by atoms with Crippen LogP contribution in [0.4, 0.5) is 0 Å². The first-order valence-corrected chi connectivity index (χ1v) is 11.9. The molecule has 0 aliphatic carbocycles. The molecule has 170 valence electrons. The SMILES string of the molecule is O=C(NCC1(c2ccccc2)CCN(CC=Cc2ccc(Cl)cc2)CC1)c1ccnc(Cl)c1. The molecule has 1 fully saturated rings. The second-order valence-electron chi connectivity index (χ2n) is 8.45. The van der Waals surface area contributed by atoms with E-state index in [0.717, 1.165) is 43.1 Å². The second kappa shape index (κ2) is 11.0. The van der Waals surface area contributed by atoms with Gasteiger partial charge in [-0.1, -0.05) is 77.8 Å². The van der Waals surface area contributed by atoms with Gasteiger partial charge in [-0.3, -0.25) is 9.69 Å². The summed E-state index contributed by atoms with van der Waals surface area (Å²) in [7, 11) is 0. The van der Waals surface area contributed by atoms with Gasteiger partial charge in [-0.15, -0.1) is 0 Å². The molecule has 0 radical (unpaired) electrons. The Kier molecular flexibility index (Phi) is 7.81. The van der Waals surface area contributed by atoms with Crippen LogP contribution in [-0.4, -0.2) is 42.0 Å². The molecule has 3 aromatic rings. The summed E-state index contributed by atoms with van der Waals surface area (Å²) in [6, 6.07) is 21.7. The molecular formula is C27H27Cl2N3O. The molecule has 0 saturated carbocycles. The van der Waals surface area contributed by atoms with Crippen LogP contribution in [0.3, 0.4) is 0 Å². The molecular weight excluding hydrogens is 453 g/mol. The quantitative estimate of drug-likeness (QED) is 0.431. The first-order chi connectivity index (χ1) is 16.0. The number of nitrogens with zero attached hydrogens (tertiary/aromatic N) is 2. The van der Waals surface area contributed by atoms with Gasteiger partial charge in [-0.05, 0) is 61.3 Å². The first kappa shape index (κ1) is 23.5. The zero-order valence-electron chi connectivity index (χ0n) is 18.4. The van der Waals surface area contributed by atoms with Crippen LogP contribution in [0, 0.1) is 0 Å². The standard InChI is InChI=1S/C27H27Cl2N3O/c28-24-10-8-21(9-11-24)5-4-16-32-17-13-27(14-18-32,23-6-2-1-3-7-23)20-31-26(33)22-12-15-30-25(29)19-22/h1-12,15,19H,13-14,16-18,20H2,(H,31,33). The van der Waals surface area contributed by atoms with Crippen molar-refractivity contribution in [2.24, 2.45) is 0 Å². The Morgan fingerprint density at radius 3 is 2.45 bits per heavy atom. The molecule has 1 amide bonds. The Morgan fingerprint density at radius 2 is 1.76 bits per heavy atom. The Labute approximate surface area is 205 Å². The molecule has 6 heteroatoms. The van der Waals surface area contributed by atoms with Crippen LogP contribution in [0.5, 0.6) is 0 Å². The molecule has 1 aromatic heterocycles. The lowest BCUT2D eigenvalue weighted by molar-refractivity contribution is 0.0925. The molecule has 0 spiro atoms. The number of aromatic nitrogens is 1.